The summed E-state index contributed by atoms with van der Waals surface area (Å²) in [5.41, 5.74) is 3.39. The Kier molecular flexibility index (Phi) is 3.28. The van der Waals surface area contributed by atoms with Gasteiger partial charge in [0.05, 0.1) is 0 Å². The van der Waals surface area contributed by atoms with Crippen LogP contribution in [0.15, 0.2) is 24.2 Å². The molecular formula is C10H13BO2. The van der Waals surface area contributed by atoms with Crippen molar-refractivity contribution in [2.45, 2.75) is 13.8 Å². The molecule has 0 aliphatic carbocycles. The standard InChI is InChI=1S/C10H13BO2/c1-8-4-3-5-10(9(8)2)6-7-11(12)13/h3-7,12-13H,1-2H3/b7-6+. The zero-order valence-electron chi connectivity index (χ0n) is 7.86. The summed E-state index contributed by atoms with van der Waals surface area (Å²) in [6, 6.07) is 5.93. The molecule has 0 aliphatic rings. The van der Waals surface area contributed by atoms with E-state index in [2.05, 4.69) is 0 Å². The summed E-state index contributed by atoms with van der Waals surface area (Å²) < 4.78 is 0. The quantitative estimate of drug-likeness (QED) is 0.667. The fourth-order valence-electron chi connectivity index (χ4n) is 1.14. The van der Waals surface area contributed by atoms with Gasteiger partial charge in [-0.15, -0.1) is 0 Å². The van der Waals surface area contributed by atoms with Gasteiger partial charge in [-0.2, -0.15) is 0 Å². The van der Waals surface area contributed by atoms with E-state index in [9.17, 15) is 0 Å². The van der Waals surface area contributed by atoms with Crippen LogP contribution < -0.4 is 0 Å². The predicted molar refractivity (Wildman–Crippen MR) is 55.1 cm³/mol. The maximum absolute atomic E-state index is 8.64. The Hall–Kier alpha value is -1.06. The van der Waals surface area contributed by atoms with E-state index in [1.165, 1.54) is 17.1 Å². The summed E-state index contributed by atoms with van der Waals surface area (Å²) in [5.74, 6) is 1.35. The van der Waals surface area contributed by atoms with Crippen LogP contribution in [-0.4, -0.2) is 17.2 Å². The van der Waals surface area contributed by atoms with Gasteiger partial charge in [-0.1, -0.05) is 30.3 Å². The second-order valence-corrected chi connectivity index (χ2v) is 3.06. The van der Waals surface area contributed by atoms with E-state index in [-0.39, 0.29) is 0 Å². The molecule has 0 spiro atoms. The number of aryl methyl sites for hydroxylation is 1. The third kappa shape index (κ3) is 2.72. The highest BCUT2D eigenvalue weighted by atomic mass is 16.4. The Bertz CT molecular complexity index is 319. The van der Waals surface area contributed by atoms with Crippen LogP contribution >= 0.6 is 0 Å². The van der Waals surface area contributed by atoms with E-state index < -0.39 is 7.12 Å². The highest BCUT2D eigenvalue weighted by molar-refractivity contribution is 6.48. The van der Waals surface area contributed by atoms with Gasteiger partial charge >= 0.3 is 7.12 Å². The average Bonchev–Trinajstić information content (AvgIpc) is 2.07. The summed E-state index contributed by atoms with van der Waals surface area (Å²) in [5, 5.41) is 17.3. The minimum absolute atomic E-state index is 1.02. The molecule has 3 heteroatoms. The molecule has 0 unspecified atom stereocenters. The van der Waals surface area contributed by atoms with Crippen molar-refractivity contribution in [3.8, 4) is 0 Å². The first-order chi connectivity index (χ1) is 6.11. The molecular weight excluding hydrogens is 163 g/mol. The molecule has 0 aliphatic heterocycles. The smallest absolute Gasteiger partial charge is 0.424 e. The Morgan fingerprint density at radius 1 is 1.23 bits per heavy atom. The molecule has 0 aromatic heterocycles. The van der Waals surface area contributed by atoms with E-state index in [1.807, 2.05) is 32.0 Å². The van der Waals surface area contributed by atoms with Gasteiger partial charge in [-0.25, -0.2) is 0 Å². The molecule has 0 amide bonds. The number of rotatable bonds is 2. The minimum Gasteiger partial charge on any atom is -0.424 e. The van der Waals surface area contributed by atoms with Crippen molar-refractivity contribution in [2.24, 2.45) is 0 Å². The minimum atomic E-state index is -1.38. The largest absolute Gasteiger partial charge is 0.480 e. The van der Waals surface area contributed by atoms with Gasteiger partial charge in [0.1, 0.15) is 0 Å². The highest BCUT2D eigenvalue weighted by Crippen LogP contribution is 2.13. The molecule has 0 radical (unpaired) electrons. The van der Waals surface area contributed by atoms with Crippen LogP contribution in [0.4, 0.5) is 0 Å². The van der Waals surface area contributed by atoms with Gasteiger partial charge < -0.3 is 10.0 Å². The van der Waals surface area contributed by atoms with E-state index >= 15 is 0 Å². The fraction of sp³-hybridized carbons (Fsp3) is 0.200. The molecule has 2 nitrogen and oxygen atoms in total. The lowest BCUT2D eigenvalue weighted by molar-refractivity contribution is 0.424. The third-order valence-electron chi connectivity index (χ3n) is 2.09. The van der Waals surface area contributed by atoms with Gasteiger partial charge in [0, 0.05) is 0 Å². The van der Waals surface area contributed by atoms with E-state index in [1.54, 1.807) is 6.08 Å². The maximum Gasteiger partial charge on any atom is 0.480 e. The van der Waals surface area contributed by atoms with E-state index in [4.69, 9.17) is 10.0 Å². The van der Waals surface area contributed by atoms with Crippen molar-refractivity contribution in [3.63, 3.8) is 0 Å². The van der Waals surface area contributed by atoms with Gasteiger partial charge in [0.25, 0.3) is 0 Å². The lowest BCUT2D eigenvalue weighted by Gasteiger charge is -2.03. The van der Waals surface area contributed by atoms with Gasteiger partial charge in [-0.3, -0.25) is 0 Å². The lowest BCUT2D eigenvalue weighted by atomic mass is 9.89. The van der Waals surface area contributed by atoms with Crippen molar-refractivity contribution in [1.29, 1.82) is 0 Å². The Labute approximate surface area is 78.7 Å². The molecule has 0 heterocycles. The van der Waals surface area contributed by atoms with Crippen LogP contribution in [0.1, 0.15) is 16.7 Å². The van der Waals surface area contributed by atoms with Crippen LogP contribution in [0.3, 0.4) is 0 Å². The number of hydrogen-bond acceptors (Lipinski definition) is 2. The van der Waals surface area contributed by atoms with Crippen LogP contribution in [0.2, 0.25) is 0 Å². The first kappa shape index (κ1) is 10.0. The third-order valence-corrected chi connectivity index (χ3v) is 2.09. The molecule has 68 valence electrons. The van der Waals surface area contributed by atoms with Crippen molar-refractivity contribution >= 4 is 13.2 Å². The molecule has 13 heavy (non-hydrogen) atoms. The second kappa shape index (κ2) is 4.26. The van der Waals surface area contributed by atoms with Crippen LogP contribution in [0.5, 0.6) is 0 Å². The molecule has 1 rings (SSSR count). The molecule has 0 bridgehead atoms. The fourth-order valence-corrected chi connectivity index (χ4v) is 1.14. The molecule has 0 atom stereocenters. The summed E-state index contributed by atoms with van der Waals surface area (Å²) in [7, 11) is -1.38. The summed E-state index contributed by atoms with van der Waals surface area (Å²) in [4.78, 5) is 0. The highest BCUT2D eigenvalue weighted by Gasteiger charge is 2.00. The van der Waals surface area contributed by atoms with Crippen LogP contribution in [0, 0.1) is 13.8 Å². The lowest BCUT2D eigenvalue weighted by Crippen LogP contribution is -2.05. The first-order valence-corrected chi connectivity index (χ1v) is 4.22. The maximum atomic E-state index is 8.64. The van der Waals surface area contributed by atoms with Crippen LogP contribution in [-0.2, 0) is 0 Å². The first-order valence-electron chi connectivity index (χ1n) is 4.22. The number of hydrogen-bond donors (Lipinski definition) is 2. The van der Waals surface area contributed by atoms with Gasteiger partial charge in [0.15, 0.2) is 0 Å². The van der Waals surface area contributed by atoms with Crippen molar-refractivity contribution in [3.05, 3.63) is 40.9 Å². The van der Waals surface area contributed by atoms with Gasteiger partial charge in [-0.05, 0) is 30.5 Å². The monoisotopic (exact) mass is 176 g/mol. The van der Waals surface area contributed by atoms with Gasteiger partial charge in [0.2, 0.25) is 0 Å². The summed E-state index contributed by atoms with van der Waals surface area (Å²) in [6.07, 6.45) is 1.72. The normalized spacial score (nSPS) is 10.8. The second-order valence-electron chi connectivity index (χ2n) is 3.06. The Morgan fingerprint density at radius 2 is 1.92 bits per heavy atom. The topological polar surface area (TPSA) is 40.5 Å². The zero-order chi connectivity index (χ0) is 9.84. The molecule has 1 aromatic carbocycles. The molecule has 0 fully saturated rings. The van der Waals surface area contributed by atoms with Crippen molar-refractivity contribution in [1.82, 2.24) is 0 Å². The molecule has 2 N–H and O–H groups in total. The Morgan fingerprint density at radius 3 is 2.54 bits per heavy atom. The summed E-state index contributed by atoms with van der Waals surface area (Å²) >= 11 is 0. The predicted octanol–water partition coefficient (Wildman–Crippen LogP) is 1.33. The van der Waals surface area contributed by atoms with Crippen molar-refractivity contribution < 1.29 is 10.0 Å². The average molecular weight is 176 g/mol. The molecule has 1 aromatic rings. The number of benzene rings is 1. The summed E-state index contributed by atoms with van der Waals surface area (Å²) in [6.45, 7) is 4.04. The van der Waals surface area contributed by atoms with E-state index in [0.717, 1.165) is 5.56 Å². The molecule has 0 saturated carbocycles. The van der Waals surface area contributed by atoms with Crippen molar-refractivity contribution in [2.75, 3.05) is 0 Å². The Balaban J connectivity index is 2.95. The van der Waals surface area contributed by atoms with E-state index in [0.29, 0.717) is 0 Å². The zero-order valence-corrected chi connectivity index (χ0v) is 7.86. The molecule has 0 saturated heterocycles. The SMILES string of the molecule is Cc1cccc(/C=C/B(O)O)c1C. The van der Waals surface area contributed by atoms with Crippen LogP contribution in [0.25, 0.3) is 6.08 Å².